The average Bonchev–Trinajstić information content (AvgIpc) is 3.06. The second kappa shape index (κ2) is 5.89. The third-order valence-corrected chi connectivity index (χ3v) is 3.37. The van der Waals surface area contributed by atoms with E-state index in [9.17, 15) is 4.79 Å². The maximum Gasteiger partial charge on any atom is 0.407 e. The van der Waals surface area contributed by atoms with E-state index < -0.39 is 11.7 Å². The smallest absolute Gasteiger partial charge is 0.407 e. The Morgan fingerprint density at radius 3 is 2.35 bits per heavy atom. The van der Waals surface area contributed by atoms with E-state index in [-0.39, 0.29) is 17.3 Å². The molecule has 1 atom stereocenters. The quantitative estimate of drug-likeness (QED) is 0.313. The third-order valence-electron chi connectivity index (χ3n) is 3.37. The summed E-state index contributed by atoms with van der Waals surface area (Å²) in [6.45, 7) is 9.51. The number of amidine groups is 1. The van der Waals surface area contributed by atoms with Crippen molar-refractivity contribution >= 4 is 11.9 Å². The first-order valence-corrected chi connectivity index (χ1v) is 7.01. The van der Waals surface area contributed by atoms with Crippen LogP contribution < -0.4 is 11.1 Å². The van der Waals surface area contributed by atoms with Crippen LogP contribution in [0, 0.1) is 11.3 Å². The first-order valence-electron chi connectivity index (χ1n) is 7.01. The highest BCUT2D eigenvalue weighted by molar-refractivity contribution is 5.80. The van der Waals surface area contributed by atoms with E-state index in [1.165, 1.54) is 0 Å². The maximum atomic E-state index is 12.0. The first kappa shape index (κ1) is 16.6. The van der Waals surface area contributed by atoms with Gasteiger partial charge in [-0.25, -0.2) is 4.79 Å². The Morgan fingerprint density at radius 1 is 1.40 bits per heavy atom. The van der Waals surface area contributed by atoms with Crippen LogP contribution in [0.5, 0.6) is 0 Å². The molecule has 1 fully saturated rings. The molecule has 0 aromatic heterocycles. The number of hydrogen-bond donors (Lipinski definition) is 3. The first-order chi connectivity index (χ1) is 9.05. The molecule has 0 saturated heterocycles. The van der Waals surface area contributed by atoms with Crippen molar-refractivity contribution in [2.75, 3.05) is 0 Å². The van der Waals surface area contributed by atoms with E-state index in [1.807, 2.05) is 34.6 Å². The molecular weight excluding hydrogens is 258 g/mol. The van der Waals surface area contributed by atoms with Crippen LogP contribution in [0.3, 0.4) is 0 Å². The van der Waals surface area contributed by atoms with Crippen LogP contribution in [0.2, 0.25) is 0 Å². The summed E-state index contributed by atoms with van der Waals surface area (Å²) in [5.74, 6) is 0.607. The van der Waals surface area contributed by atoms with Crippen molar-refractivity contribution < 1.29 is 14.7 Å². The maximum absolute atomic E-state index is 12.0. The third kappa shape index (κ3) is 5.27. The molecule has 0 heterocycles. The van der Waals surface area contributed by atoms with E-state index in [0.717, 1.165) is 12.8 Å². The predicted octanol–water partition coefficient (Wildman–Crippen LogP) is 2.45. The lowest BCUT2D eigenvalue weighted by Crippen LogP contribution is -2.49. The summed E-state index contributed by atoms with van der Waals surface area (Å²) in [5, 5.41) is 14.7. The van der Waals surface area contributed by atoms with Crippen LogP contribution in [0.1, 0.15) is 53.9 Å². The van der Waals surface area contributed by atoms with Gasteiger partial charge in [0.15, 0.2) is 0 Å². The number of amides is 1. The molecule has 6 nitrogen and oxygen atoms in total. The van der Waals surface area contributed by atoms with Crippen molar-refractivity contribution in [3.05, 3.63) is 0 Å². The summed E-state index contributed by atoms with van der Waals surface area (Å²) in [4.78, 5) is 12.0. The molecule has 1 amide bonds. The molecule has 0 aromatic rings. The lowest BCUT2D eigenvalue weighted by atomic mass is 9.78. The fourth-order valence-corrected chi connectivity index (χ4v) is 2.43. The van der Waals surface area contributed by atoms with Crippen molar-refractivity contribution in [2.24, 2.45) is 22.2 Å². The molecule has 4 N–H and O–H groups in total. The van der Waals surface area contributed by atoms with Crippen LogP contribution in [0.25, 0.3) is 0 Å². The predicted molar refractivity (Wildman–Crippen MR) is 77.7 cm³/mol. The Kier molecular flexibility index (Phi) is 4.89. The van der Waals surface area contributed by atoms with Crippen molar-refractivity contribution in [1.82, 2.24) is 5.32 Å². The monoisotopic (exact) mass is 285 g/mol. The number of alkyl carbamates (subject to hydrolysis) is 1. The number of nitrogens with one attached hydrogen (secondary N) is 1. The number of ether oxygens (including phenoxy) is 1. The molecule has 0 bridgehead atoms. The zero-order valence-electron chi connectivity index (χ0n) is 13.1. The lowest BCUT2D eigenvalue weighted by Gasteiger charge is -2.35. The van der Waals surface area contributed by atoms with E-state index in [0.29, 0.717) is 12.3 Å². The van der Waals surface area contributed by atoms with Gasteiger partial charge in [-0.1, -0.05) is 19.0 Å². The minimum absolute atomic E-state index is 0.0438. The Hall–Kier alpha value is -1.46. The standard InChI is InChI=1S/C14H27N3O3/c1-13(2,3)20-12(18)16-11(9-6-7-9)14(4,5)8-10(15)17-19/h9,11,19H,6-8H2,1-5H3,(H2,15,17)(H,16,18). The molecule has 0 aliphatic heterocycles. The van der Waals surface area contributed by atoms with Gasteiger partial charge < -0.3 is 21.0 Å². The van der Waals surface area contributed by atoms with Crippen LogP contribution in [0.4, 0.5) is 4.79 Å². The fourth-order valence-electron chi connectivity index (χ4n) is 2.43. The zero-order chi connectivity index (χ0) is 15.6. The summed E-state index contributed by atoms with van der Waals surface area (Å²) in [7, 11) is 0. The zero-order valence-corrected chi connectivity index (χ0v) is 13.1. The largest absolute Gasteiger partial charge is 0.444 e. The normalized spacial score (nSPS) is 18.6. The van der Waals surface area contributed by atoms with E-state index in [2.05, 4.69) is 10.5 Å². The SMILES string of the molecule is CC(C)(C)OC(=O)NC(C1CC1)C(C)(C)CC(N)=NO. The van der Waals surface area contributed by atoms with E-state index in [1.54, 1.807) is 0 Å². The molecule has 1 rings (SSSR count). The number of oxime groups is 1. The number of hydrogen-bond acceptors (Lipinski definition) is 4. The molecular formula is C14H27N3O3. The Bertz CT molecular complexity index is 382. The van der Waals surface area contributed by atoms with Gasteiger partial charge in [-0.3, -0.25) is 0 Å². The van der Waals surface area contributed by atoms with Gasteiger partial charge in [0.1, 0.15) is 11.4 Å². The molecule has 1 saturated carbocycles. The number of rotatable bonds is 5. The minimum Gasteiger partial charge on any atom is -0.444 e. The average molecular weight is 285 g/mol. The second-order valence-corrected chi connectivity index (χ2v) is 7.22. The van der Waals surface area contributed by atoms with Gasteiger partial charge in [-0.05, 0) is 44.9 Å². The van der Waals surface area contributed by atoms with Crippen molar-refractivity contribution in [3.63, 3.8) is 0 Å². The summed E-state index contributed by atoms with van der Waals surface area (Å²) in [5.41, 5.74) is 4.79. The summed E-state index contributed by atoms with van der Waals surface area (Å²) in [6, 6.07) is -0.0438. The van der Waals surface area contributed by atoms with Crippen molar-refractivity contribution in [3.8, 4) is 0 Å². The van der Waals surface area contributed by atoms with Gasteiger partial charge in [0.05, 0.1) is 0 Å². The molecule has 0 aromatic carbocycles. The van der Waals surface area contributed by atoms with Gasteiger partial charge in [0, 0.05) is 12.5 Å². The van der Waals surface area contributed by atoms with Gasteiger partial charge in [0.25, 0.3) is 0 Å². The number of carbonyl (C=O) groups is 1. The van der Waals surface area contributed by atoms with E-state index >= 15 is 0 Å². The molecule has 6 heteroatoms. The molecule has 1 aliphatic rings. The van der Waals surface area contributed by atoms with Crippen LogP contribution in [0.15, 0.2) is 5.16 Å². The highest BCUT2D eigenvalue weighted by Gasteiger charge is 2.43. The van der Waals surface area contributed by atoms with Gasteiger partial charge in [-0.15, -0.1) is 0 Å². The lowest BCUT2D eigenvalue weighted by molar-refractivity contribution is 0.0445. The summed E-state index contributed by atoms with van der Waals surface area (Å²) < 4.78 is 5.31. The Labute approximate surface area is 120 Å². The number of carbonyl (C=O) groups excluding carboxylic acids is 1. The topological polar surface area (TPSA) is 96.9 Å². The molecule has 1 aliphatic carbocycles. The van der Waals surface area contributed by atoms with Crippen LogP contribution in [-0.2, 0) is 4.74 Å². The highest BCUT2D eigenvalue weighted by atomic mass is 16.6. The van der Waals surface area contributed by atoms with Gasteiger partial charge >= 0.3 is 6.09 Å². The summed E-state index contributed by atoms with van der Waals surface area (Å²) >= 11 is 0. The Morgan fingerprint density at radius 2 is 1.95 bits per heavy atom. The van der Waals surface area contributed by atoms with Crippen molar-refractivity contribution in [1.29, 1.82) is 0 Å². The molecule has 0 spiro atoms. The van der Waals surface area contributed by atoms with Gasteiger partial charge in [-0.2, -0.15) is 0 Å². The second-order valence-electron chi connectivity index (χ2n) is 7.22. The van der Waals surface area contributed by atoms with Crippen molar-refractivity contribution in [2.45, 2.75) is 65.5 Å². The number of nitrogens with two attached hydrogens (primary N) is 1. The Balaban J connectivity index is 2.71. The molecule has 1 unspecified atom stereocenters. The fraction of sp³-hybridized carbons (Fsp3) is 0.857. The molecule has 0 radical (unpaired) electrons. The van der Waals surface area contributed by atoms with E-state index in [4.69, 9.17) is 15.7 Å². The highest BCUT2D eigenvalue weighted by Crippen LogP contribution is 2.42. The molecule has 20 heavy (non-hydrogen) atoms. The van der Waals surface area contributed by atoms with Crippen LogP contribution in [-0.4, -0.2) is 28.8 Å². The molecule has 116 valence electrons. The minimum atomic E-state index is -0.520. The summed E-state index contributed by atoms with van der Waals surface area (Å²) in [6.07, 6.45) is 2.17. The van der Waals surface area contributed by atoms with Gasteiger partial charge in [0.2, 0.25) is 0 Å². The van der Waals surface area contributed by atoms with Crippen LogP contribution >= 0.6 is 0 Å². The number of nitrogens with zero attached hydrogens (tertiary/aromatic N) is 1.